The van der Waals surface area contributed by atoms with Gasteiger partial charge in [-0.3, -0.25) is 4.79 Å². The van der Waals surface area contributed by atoms with E-state index in [0.717, 1.165) is 47.1 Å². The second-order valence-electron chi connectivity index (χ2n) is 5.31. The summed E-state index contributed by atoms with van der Waals surface area (Å²) in [5.74, 6) is 2.62. The second kappa shape index (κ2) is 6.75. The van der Waals surface area contributed by atoms with Gasteiger partial charge in [0, 0.05) is 28.5 Å². The minimum atomic E-state index is 0.0460. The van der Waals surface area contributed by atoms with Crippen LogP contribution in [0.1, 0.15) is 37.4 Å². The fourth-order valence-corrected chi connectivity index (χ4v) is 3.69. The maximum absolute atomic E-state index is 12.1. The monoisotopic (exact) mass is 335 g/mol. The lowest BCUT2D eigenvalue weighted by molar-refractivity contribution is -0.116. The zero-order chi connectivity index (χ0) is 15.5. The molecule has 0 unspecified atom stereocenters. The van der Waals surface area contributed by atoms with Crippen LogP contribution in [0.5, 0.6) is 0 Å². The molecule has 0 radical (unpaired) electrons. The number of unbranched alkanes of at least 4 members (excludes halogenated alkanes) is 1. The third kappa shape index (κ3) is 3.15. The smallest absolute Gasteiger partial charge is 0.225 e. The van der Waals surface area contributed by atoms with Gasteiger partial charge < -0.3 is 5.32 Å². The van der Waals surface area contributed by atoms with Crippen molar-refractivity contribution in [1.82, 2.24) is 9.78 Å². The van der Waals surface area contributed by atoms with Crippen LogP contribution < -0.4 is 5.32 Å². The number of halogens is 1. The van der Waals surface area contributed by atoms with E-state index in [1.807, 2.05) is 36.0 Å². The predicted molar refractivity (Wildman–Crippen MR) is 91.7 cm³/mol. The molecule has 1 aliphatic heterocycles. The molecule has 6 heteroatoms. The first-order valence-electron chi connectivity index (χ1n) is 7.43. The van der Waals surface area contributed by atoms with Gasteiger partial charge in [-0.25, -0.2) is 4.68 Å². The van der Waals surface area contributed by atoms with Crippen LogP contribution in [0.15, 0.2) is 24.3 Å². The van der Waals surface area contributed by atoms with Gasteiger partial charge in [0.05, 0.1) is 11.4 Å². The van der Waals surface area contributed by atoms with Crippen LogP contribution >= 0.6 is 23.4 Å². The SMILES string of the molecule is CCCCC(=O)Nc1c2c(nn1-c1cccc(Cl)c1)CSC2. The van der Waals surface area contributed by atoms with Crippen LogP contribution in [0.3, 0.4) is 0 Å². The Labute approximate surface area is 139 Å². The molecule has 0 saturated heterocycles. The first kappa shape index (κ1) is 15.4. The molecule has 0 saturated carbocycles. The summed E-state index contributed by atoms with van der Waals surface area (Å²) in [6.07, 6.45) is 2.45. The van der Waals surface area contributed by atoms with E-state index in [-0.39, 0.29) is 5.91 Å². The maximum Gasteiger partial charge on any atom is 0.225 e. The highest BCUT2D eigenvalue weighted by atomic mass is 35.5. The Morgan fingerprint density at radius 3 is 3.09 bits per heavy atom. The summed E-state index contributed by atoms with van der Waals surface area (Å²) >= 11 is 7.91. The molecule has 1 aliphatic rings. The summed E-state index contributed by atoms with van der Waals surface area (Å²) in [5.41, 5.74) is 3.06. The first-order valence-corrected chi connectivity index (χ1v) is 8.96. The van der Waals surface area contributed by atoms with Crippen LogP contribution in [0.4, 0.5) is 5.82 Å². The molecule has 2 heterocycles. The molecule has 22 heavy (non-hydrogen) atoms. The van der Waals surface area contributed by atoms with E-state index < -0.39 is 0 Å². The van der Waals surface area contributed by atoms with Gasteiger partial charge in [-0.15, -0.1) is 0 Å². The number of amides is 1. The van der Waals surface area contributed by atoms with E-state index in [4.69, 9.17) is 11.6 Å². The van der Waals surface area contributed by atoms with Crippen molar-refractivity contribution >= 4 is 35.1 Å². The van der Waals surface area contributed by atoms with Crippen LogP contribution in [-0.4, -0.2) is 15.7 Å². The van der Waals surface area contributed by atoms with E-state index in [0.29, 0.717) is 11.4 Å². The van der Waals surface area contributed by atoms with E-state index in [1.165, 1.54) is 0 Å². The van der Waals surface area contributed by atoms with Crippen LogP contribution in [0.2, 0.25) is 5.02 Å². The number of carbonyl (C=O) groups excluding carboxylic acids is 1. The number of rotatable bonds is 5. The van der Waals surface area contributed by atoms with Gasteiger partial charge in [0.1, 0.15) is 5.82 Å². The third-order valence-corrected chi connectivity index (χ3v) is 4.83. The standard InChI is InChI=1S/C16H18ClN3OS/c1-2-3-7-15(21)18-16-13-9-22-10-14(13)19-20(16)12-6-4-5-11(17)8-12/h4-6,8H,2-3,7,9-10H2,1H3,(H,18,21). The lowest BCUT2D eigenvalue weighted by Crippen LogP contribution is -2.15. The number of benzene rings is 1. The molecule has 4 nitrogen and oxygen atoms in total. The fraction of sp³-hybridized carbons (Fsp3) is 0.375. The van der Waals surface area contributed by atoms with Crippen molar-refractivity contribution in [2.75, 3.05) is 5.32 Å². The number of carbonyl (C=O) groups is 1. The van der Waals surface area contributed by atoms with E-state index >= 15 is 0 Å². The summed E-state index contributed by atoms with van der Waals surface area (Å²) in [6.45, 7) is 2.08. The van der Waals surface area contributed by atoms with Crippen molar-refractivity contribution in [1.29, 1.82) is 0 Å². The van der Waals surface area contributed by atoms with Gasteiger partial charge in [0.2, 0.25) is 5.91 Å². The number of hydrogen-bond acceptors (Lipinski definition) is 3. The molecule has 1 aromatic heterocycles. The molecule has 1 aromatic carbocycles. The number of aromatic nitrogens is 2. The minimum Gasteiger partial charge on any atom is -0.310 e. The Balaban J connectivity index is 1.95. The van der Waals surface area contributed by atoms with E-state index in [9.17, 15) is 4.79 Å². The average Bonchev–Trinajstić information content (AvgIpc) is 3.08. The molecule has 1 N–H and O–H groups in total. The van der Waals surface area contributed by atoms with Gasteiger partial charge in [-0.2, -0.15) is 16.9 Å². The van der Waals surface area contributed by atoms with E-state index in [2.05, 4.69) is 17.3 Å². The van der Waals surface area contributed by atoms with Crippen LogP contribution in [0, 0.1) is 0 Å². The maximum atomic E-state index is 12.1. The molecule has 0 spiro atoms. The molecular weight excluding hydrogens is 318 g/mol. The molecule has 0 fully saturated rings. The van der Waals surface area contributed by atoms with Gasteiger partial charge >= 0.3 is 0 Å². The minimum absolute atomic E-state index is 0.0460. The zero-order valence-electron chi connectivity index (χ0n) is 12.4. The molecule has 0 bridgehead atoms. The number of hydrogen-bond donors (Lipinski definition) is 1. The van der Waals surface area contributed by atoms with Crippen molar-refractivity contribution in [2.24, 2.45) is 0 Å². The number of nitrogens with zero attached hydrogens (tertiary/aromatic N) is 2. The Kier molecular flexibility index (Phi) is 4.74. The van der Waals surface area contributed by atoms with Crippen molar-refractivity contribution < 1.29 is 4.79 Å². The number of nitrogens with one attached hydrogen (secondary N) is 1. The largest absolute Gasteiger partial charge is 0.310 e. The predicted octanol–water partition coefficient (Wildman–Crippen LogP) is 4.40. The highest BCUT2D eigenvalue weighted by Crippen LogP contribution is 2.36. The van der Waals surface area contributed by atoms with E-state index in [1.54, 1.807) is 4.68 Å². The van der Waals surface area contributed by atoms with Gasteiger partial charge in [-0.1, -0.05) is 31.0 Å². The molecule has 2 aromatic rings. The number of anilines is 1. The highest BCUT2D eigenvalue weighted by molar-refractivity contribution is 7.98. The van der Waals surface area contributed by atoms with Crippen molar-refractivity contribution in [3.05, 3.63) is 40.5 Å². The third-order valence-electron chi connectivity index (χ3n) is 3.62. The summed E-state index contributed by atoms with van der Waals surface area (Å²) < 4.78 is 1.81. The summed E-state index contributed by atoms with van der Waals surface area (Å²) in [6, 6.07) is 7.53. The molecule has 3 rings (SSSR count). The van der Waals surface area contributed by atoms with Crippen LogP contribution in [-0.2, 0) is 16.3 Å². The van der Waals surface area contributed by atoms with Crippen LogP contribution in [0.25, 0.3) is 5.69 Å². The van der Waals surface area contributed by atoms with Gasteiger partial charge in [0.25, 0.3) is 0 Å². The average molecular weight is 336 g/mol. The van der Waals surface area contributed by atoms with Gasteiger partial charge in [0.15, 0.2) is 0 Å². The Bertz CT molecular complexity index is 699. The fourth-order valence-electron chi connectivity index (χ4n) is 2.47. The summed E-state index contributed by atoms with van der Waals surface area (Å²) in [7, 11) is 0. The molecule has 0 atom stereocenters. The number of thioether (sulfide) groups is 1. The topological polar surface area (TPSA) is 46.9 Å². The van der Waals surface area contributed by atoms with Crippen molar-refractivity contribution in [2.45, 2.75) is 37.7 Å². The van der Waals surface area contributed by atoms with Crippen molar-refractivity contribution in [3.63, 3.8) is 0 Å². The summed E-state index contributed by atoms with van der Waals surface area (Å²) in [4.78, 5) is 12.1. The second-order valence-corrected chi connectivity index (χ2v) is 6.73. The molecule has 1 amide bonds. The van der Waals surface area contributed by atoms with Crippen molar-refractivity contribution in [3.8, 4) is 5.69 Å². The molecule has 0 aliphatic carbocycles. The summed E-state index contributed by atoms with van der Waals surface area (Å²) in [5, 5.41) is 8.36. The zero-order valence-corrected chi connectivity index (χ0v) is 14.0. The Hall–Kier alpha value is -1.46. The lowest BCUT2D eigenvalue weighted by atomic mass is 10.2. The Morgan fingerprint density at radius 1 is 1.45 bits per heavy atom. The lowest BCUT2D eigenvalue weighted by Gasteiger charge is -2.11. The normalized spacial score (nSPS) is 13.2. The Morgan fingerprint density at radius 2 is 2.32 bits per heavy atom. The quantitative estimate of drug-likeness (QED) is 0.880. The molecular formula is C16H18ClN3OS. The first-order chi connectivity index (χ1) is 10.7. The highest BCUT2D eigenvalue weighted by Gasteiger charge is 2.24. The molecule has 116 valence electrons. The number of fused-ring (bicyclic) bond motifs is 1. The van der Waals surface area contributed by atoms with Gasteiger partial charge in [-0.05, 0) is 24.6 Å².